The fourth-order valence-corrected chi connectivity index (χ4v) is 2.34. The second-order valence-electron chi connectivity index (χ2n) is 4.76. The van der Waals surface area contributed by atoms with Crippen LogP contribution >= 0.6 is 0 Å². The van der Waals surface area contributed by atoms with Crippen LogP contribution in [0.5, 0.6) is 0 Å². The fraction of sp³-hybridized carbons (Fsp3) is 0.357. The maximum atomic E-state index is 13.2. The van der Waals surface area contributed by atoms with E-state index in [2.05, 4.69) is 10.5 Å². The van der Waals surface area contributed by atoms with E-state index in [4.69, 9.17) is 5.84 Å². The number of hydrogen-bond acceptors (Lipinski definition) is 3. The van der Waals surface area contributed by atoms with Gasteiger partial charge in [-0.05, 0) is 30.5 Å². The molecule has 0 amide bonds. The van der Waals surface area contributed by atoms with E-state index in [1.165, 1.54) is 12.1 Å². The fourth-order valence-electron chi connectivity index (χ4n) is 2.34. The van der Waals surface area contributed by atoms with Crippen molar-refractivity contribution in [1.29, 1.82) is 0 Å². The third-order valence-electron chi connectivity index (χ3n) is 3.21. The lowest BCUT2D eigenvalue weighted by Crippen LogP contribution is -2.30. The van der Waals surface area contributed by atoms with Gasteiger partial charge in [0.25, 0.3) is 0 Å². The zero-order valence-electron chi connectivity index (χ0n) is 11.5. The van der Waals surface area contributed by atoms with Crippen LogP contribution in [0.2, 0.25) is 0 Å². The molecule has 0 bridgehead atoms. The third-order valence-corrected chi connectivity index (χ3v) is 3.21. The number of hydrazine groups is 1. The van der Waals surface area contributed by atoms with E-state index in [0.29, 0.717) is 12.0 Å². The van der Waals surface area contributed by atoms with Gasteiger partial charge >= 0.3 is 0 Å². The van der Waals surface area contributed by atoms with Crippen molar-refractivity contribution in [1.82, 2.24) is 15.2 Å². The smallest absolute Gasteiger partial charge is 0.126 e. The Balaban J connectivity index is 2.28. The molecule has 108 valence electrons. The lowest BCUT2D eigenvalue weighted by Gasteiger charge is -2.16. The van der Waals surface area contributed by atoms with Crippen molar-refractivity contribution in [3.8, 4) is 0 Å². The molecule has 20 heavy (non-hydrogen) atoms. The molecule has 0 radical (unpaired) electrons. The monoisotopic (exact) mass is 280 g/mol. The van der Waals surface area contributed by atoms with Crippen LogP contribution in [0.4, 0.5) is 8.78 Å². The molecule has 2 rings (SSSR count). The second kappa shape index (κ2) is 6.11. The summed E-state index contributed by atoms with van der Waals surface area (Å²) in [4.78, 5) is 0. The maximum Gasteiger partial charge on any atom is 0.126 e. The predicted molar refractivity (Wildman–Crippen MR) is 72.7 cm³/mol. The van der Waals surface area contributed by atoms with E-state index in [1.54, 1.807) is 4.68 Å². The Kier molecular flexibility index (Phi) is 4.46. The number of rotatable bonds is 5. The van der Waals surface area contributed by atoms with Crippen molar-refractivity contribution in [3.05, 3.63) is 52.9 Å². The molecule has 2 aromatic rings. The van der Waals surface area contributed by atoms with Gasteiger partial charge in [-0.25, -0.2) is 8.78 Å². The van der Waals surface area contributed by atoms with Gasteiger partial charge in [0.2, 0.25) is 0 Å². The molecule has 1 heterocycles. The number of halogens is 2. The summed E-state index contributed by atoms with van der Waals surface area (Å²) in [5.74, 6) is 4.42. The first-order valence-electron chi connectivity index (χ1n) is 6.47. The number of nitrogens with one attached hydrogen (secondary N) is 1. The first kappa shape index (κ1) is 14.6. The summed E-state index contributed by atoms with van der Waals surface area (Å²) in [6.07, 6.45) is 3.04. The van der Waals surface area contributed by atoms with Gasteiger partial charge in [-0.3, -0.25) is 16.0 Å². The molecule has 0 saturated heterocycles. The van der Waals surface area contributed by atoms with Gasteiger partial charge in [0.15, 0.2) is 0 Å². The highest BCUT2D eigenvalue weighted by molar-refractivity contribution is 5.26. The Morgan fingerprint density at radius 3 is 2.50 bits per heavy atom. The zero-order valence-corrected chi connectivity index (χ0v) is 11.5. The van der Waals surface area contributed by atoms with Gasteiger partial charge in [0.05, 0.1) is 11.7 Å². The highest BCUT2D eigenvalue weighted by atomic mass is 19.1. The van der Waals surface area contributed by atoms with Gasteiger partial charge in [0, 0.05) is 24.9 Å². The standard InChI is InChI=1S/C14H18F2N4/c1-3-13-12(8-20(2)19-13)14(18-17)6-9-4-10(15)7-11(16)5-9/h4-5,7-8,14,18H,3,6,17H2,1-2H3. The second-order valence-corrected chi connectivity index (χ2v) is 4.76. The maximum absolute atomic E-state index is 13.2. The Hall–Kier alpha value is -1.79. The van der Waals surface area contributed by atoms with Crippen molar-refractivity contribution in [2.24, 2.45) is 12.9 Å². The van der Waals surface area contributed by atoms with Crippen molar-refractivity contribution >= 4 is 0 Å². The van der Waals surface area contributed by atoms with E-state index in [-0.39, 0.29) is 6.04 Å². The number of hydrogen-bond donors (Lipinski definition) is 2. The van der Waals surface area contributed by atoms with Crippen LogP contribution in [0.15, 0.2) is 24.4 Å². The molecule has 1 atom stereocenters. The van der Waals surface area contributed by atoms with Crippen molar-refractivity contribution in [2.45, 2.75) is 25.8 Å². The van der Waals surface area contributed by atoms with E-state index in [9.17, 15) is 8.78 Å². The highest BCUT2D eigenvalue weighted by Gasteiger charge is 2.17. The first-order valence-corrected chi connectivity index (χ1v) is 6.47. The molecule has 3 N–H and O–H groups in total. The third kappa shape index (κ3) is 3.20. The molecule has 0 saturated carbocycles. The molecule has 0 fully saturated rings. The molecule has 4 nitrogen and oxygen atoms in total. The summed E-state index contributed by atoms with van der Waals surface area (Å²) in [5.41, 5.74) is 5.12. The molecule has 1 unspecified atom stereocenters. The SMILES string of the molecule is CCc1nn(C)cc1C(Cc1cc(F)cc(F)c1)NN. The van der Waals surface area contributed by atoms with E-state index < -0.39 is 11.6 Å². The van der Waals surface area contributed by atoms with E-state index in [1.807, 2.05) is 20.2 Å². The van der Waals surface area contributed by atoms with Crippen molar-refractivity contribution in [2.75, 3.05) is 0 Å². The normalized spacial score (nSPS) is 12.7. The summed E-state index contributed by atoms with van der Waals surface area (Å²) in [5, 5.41) is 4.35. The summed E-state index contributed by atoms with van der Waals surface area (Å²) >= 11 is 0. The van der Waals surface area contributed by atoms with Crippen LogP contribution in [0.1, 0.15) is 29.8 Å². The Labute approximate surface area is 116 Å². The van der Waals surface area contributed by atoms with Crippen molar-refractivity contribution in [3.63, 3.8) is 0 Å². The topological polar surface area (TPSA) is 55.9 Å². The van der Waals surface area contributed by atoms with E-state index >= 15 is 0 Å². The Morgan fingerprint density at radius 2 is 1.95 bits per heavy atom. The van der Waals surface area contributed by atoms with Crippen LogP contribution in [0, 0.1) is 11.6 Å². The number of nitrogens with zero attached hydrogens (tertiary/aromatic N) is 2. The van der Waals surface area contributed by atoms with Crippen LogP contribution in [0.25, 0.3) is 0 Å². The van der Waals surface area contributed by atoms with Crippen molar-refractivity contribution < 1.29 is 8.78 Å². The minimum atomic E-state index is -0.585. The molecule has 6 heteroatoms. The van der Waals surface area contributed by atoms with Gasteiger partial charge in [0.1, 0.15) is 11.6 Å². The molecular weight excluding hydrogens is 262 g/mol. The summed E-state index contributed by atoms with van der Waals surface area (Å²) in [6, 6.07) is 3.25. The first-order chi connectivity index (χ1) is 9.53. The molecule has 1 aromatic carbocycles. The lowest BCUT2D eigenvalue weighted by molar-refractivity contribution is 0.537. The summed E-state index contributed by atoms with van der Waals surface area (Å²) in [7, 11) is 1.83. The number of benzene rings is 1. The zero-order chi connectivity index (χ0) is 14.7. The number of aromatic nitrogens is 2. The average Bonchev–Trinajstić information content (AvgIpc) is 2.76. The van der Waals surface area contributed by atoms with Crippen LogP contribution in [-0.2, 0) is 19.9 Å². The van der Waals surface area contributed by atoms with Gasteiger partial charge < -0.3 is 0 Å². The molecule has 0 aliphatic carbocycles. The molecule has 1 aromatic heterocycles. The van der Waals surface area contributed by atoms with Gasteiger partial charge in [-0.2, -0.15) is 5.10 Å². The molecular formula is C14H18F2N4. The highest BCUT2D eigenvalue weighted by Crippen LogP contribution is 2.22. The van der Waals surface area contributed by atoms with Crippen LogP contribution < -0.4 is 11.3 Å². The summed E-state index contributed by atoms with van der Waals surface area (Å²) in [6.45, 7) is 2.00. The summed E-state index contributed by atoms with van der Waals surface area (Å²) < 4.78 is 28.2. The number of nitrogens with two attached hydrogens (primary N) is 1. The van der Waals surface area contributed by atoms with Crippen LogP contribution in [-0.4, -0.2) is 9.78 Å². The minimum absolute atomic E-state index is 0.236. The predicted octanol–water partition coefficient (Wildman–Crippen LogP) is 2.01. The molecule has 0 aliphatic rings. The Bertz CT molecular complexity index is 575. The minimum Gasteiger partial charge on any atom is -0.275 e. The quantitative estimate of drug-likeness (QED) is 0.650. The average molecular weight is 280 g/mol. The Morgan fingerprint density at radius 1 is 1.30 bits per heavy atom. The largest absolute Gasteiger partial charge is 0.275 e. The van der Waals surface area contributed by atoms with Gasteiger partial charge in [-0.15, -0.1) is 0 Å². The van der Waals surface area contributed by atoms with Gasteiger partial charge in [-0.1, -0.05) is 6.92 Å². The number of aryl methyl sites for hydroxylation is 2. The lowest BCUT2D eigenvalue weighted by atomic mass is 9.99. The molecule has 0 aliphatic heterocycles. The van der Waals surface area contributed by atoms with E-state index in [0.717, 1.165) is 23.7 Å². The van der Waals surface area contributed by atoms with Crippen LogP contribution in [0.3, 0.4) is 0 Å². The molecule has 0 spiro atoms.